The van der Waals surface area contributed by atoms with Gasteiger partial charge in [-0.2, -0.15) is 0 Å². The minimum atomic E-state index is -1.69. The van der Waals surface area contributed by atoms with Gasteiger partial charge < -0.3 is 5.73 Å². The van der Waals surface area contributed by atoms with Gasteiger partial charge in [0.15, 0.2) is 0 Å². The average Bonchev–Trinajstić information content (AvgIpc) is 2.21. The molecule has 8 rings (SSSR count). The fraction of sp³-hybridized carbons (Fsp3) is 1.00. The van der Waals surface area contributed by atoms with Crippen LogP contribution in [0.4, 0.5) is 26.3 Å². The molecule has 28 heavy (non-hydrogen) atoms. The average molecular weight is 409 g/mol. The number of nitrogens with two attached hydrogens (primary N) is 1. The van der Waals surface area contributed by atoms with Crippen molar-refractivity contribution in [1.29, 1.82) is 0 Å². The van der Waals surface area contributed by atoms with Crippen LogP contribution >= 0.6 is 0 Å². The molecule has 0 aromatic heterocycles. The van der Waals surface area contributed by atoms with Crippen LogP contribution in [0.25, 0.3) is 0 Å². The Balaban J connectivity index is 0.000000122. The van der Waals surface area contributed by atoms with Crippen molar-refractivity contribution in [2.24, 2.45) is 11.1 Å². The van der Waals surface area contributed by atoms with Crippen LogP contribution in [0, 0.1) is 5.41 Å². The Hall–Kier alpha value is -0.460. The summed E-state index contributed by atoms with van der Waals surface area (Å²) < 4.78 is 84.6. The lowest BCUT2D eigenvalue weighted by atomic mass is 9.47. The summed E-state index contributed by atoms with van der Waals surface area (Å²) >= 11 is 0. The highest BCUT2D eigenvalue weighted by Gasteiger charge is 2.70. The van der Waals surface area contributed by atoms with E-state index in [1.807, 2.05) is 6.92 Å². The molecule has 0 spiro atoms. The molecule has 0 unspecified atom stereocenters. The molecule has 0 heterocycles. The van der Waals surface area contributed by atoms with E-state index in [-0.39, 0.29) is 57.8 Å². The SMILES string of the molecule is CC12CC3(F)CC(F)(C1)CC(F)(C2)C3.NC12CC3(F)CC(F)(C1)CC(F)(C2)C3. The van der Waals surface area contributed by atoms with Crippen molar-refractivity contribution < 1.29 is 26.3 Å². The Kier molecular flexibility index (Phi) is 3.40. The number of halogens is 6. The Morgan fingerprint density at radius 2 is 0.643 bits per heavy atom. The van der Waals surface area contributed by atoms with Crippen LogP contribution in [0.1, 0.15) is 84.0 Å². The molecule has 7 heteroatoms. The summed E-state index contributed by atoms with van der Waals surface area (Å²) in [6.07, 6.45) is 0.835. The monoisotopic (exact) mass is 409 g/mol. The normalized spacial score (nSPS) is 66.0. The van der Waals surface area contributed by atoms with Crippen molar-refractivity contribution in [2.45, 2.75) is 124 Å². The molecule has 8 saturated carbocycles. The molecule has 0 aromatic carbocycles. The van der Waals surface area contributed by atoms with E-state index in [4.69, 9.17) is 5.73 Å². The minimum Gasteiger partial charge on any atom is -0.325 e. The summed E-state index contributed by atoms with van der Waals surface area (Å²) in [6.45, 7) is 1.83. The van der Waals surface area contributed by atoms with Crippen molar-refractivity contribution in [1.82, 2.24) is 0 Å². The molecule has 0 amide bonds. The van der Waals surface area contributed by atoms with Crippen LogP contribution in [-0.2, 0) is 0 Å². The van der Waals surface area contributed by atoms with Crippen molar-refractivity contribution in [3.05, 3.63) is 0 Å². The largest absolute Gasteiger partial charge is 0.325 e. The highest BCUT2D eigenvalue weighted by molar-refractivity contribution is 5.23. The second kappa shape index (κ2) is 4.88. The standard InChI is InChI=1S/C11H15F3.C10H14F3N/c1-8-2-9(12)5-10(13,3-8)7-11(14,4-8)6-9;11-7-1-8(12)3-9(13,2-7)6-10(14,4-7)5-8/h2-7H2,1H3;1-6,14H2. The molecule has 1 nitrogen and oxygen atoms in total. The van der Waals surface area contributed by atoms with Gasteiger partial charge in [0.25, 0.3) is 0 Å². The zero-order chi connectivity index (χ0) is 20.5. The van der Waals surface area contributed by atoms with Crippen LogP contribution in [0.3, 0.4) is 0 Å². The van der Waals surface area contributed by atoms with Gasteiger partial charge in [0.05, 0.1) is 0 Å². The molecule has 8 bridgehead atoms. The maximum absolute atomic E-state index is 14.1. The highest BCUT2D eigenvalue weighted by Crippen LogP contribution is 2.68. The zero-order valence-corrected chi connectivity index (χ0v) is 16.3. The van der Waals surface area contributed by atoms with E-state index in [2.05, 4.69) is 0 Å². The first kappa shape index (κ1) is 19.5. The van der Waals surface area contributed by atoms with Gasteiger partial charge in [-0.1, -0.05) is 6.92 Å². The van der Waals surface area contributed by atoms with E-state index in [0.717, 1.165) is 0 Å². The second-order valence-electron chi connectivity index (χ2n) is 12.2. The molecular weight excluding hydrogens is 380 g/mol. The lowest BCUT2D eigenvalue weighted by molar-refractivity contribution is -0.211. The quantitative estimate of drug-likeness (QED) is 0.511. The van der Waals surface area contributed by atoms with E-state index in [0.29, 0.717) is 19.3 Å². The Labute approximate surface area is 161 Å². The molecule has 2 N–H and O–H groups in total. The van der Waals surface area contributed by atoms with Crippen LogP contribution in [0.5, 0.6) is 0 Å². The van der Waals surface area contributed by atoms with Gasteiger partial charge in [-0.15, -0.1) is 0 Å². The molecule has 0 atom stereocenters. The Morgan fingerprint density at radius 3 is 0.821 bits per heavy atom. The lowest BCUT2D eigenvalue weighted by Crippen LogP contribution is -2.71. The third kappa shape index (κ3) is 3.01. The van der Waals surface area contributed by atoms with Crippen molar-refractivity contribution in [2.75, 3.05) is 0 Å². The first-order chi connectivity index (χ1) is 12.5. The molecule has 8 fully saturated rings. The predicted molar refractivity (Wildman–Crippen MR) is 93.5 cm³/mol. The zero-order valence-electron chi connectivity index (χ0n) is 16.3. The van der Waals surface area contributed by atoms with E-state index in [1.54, 1.807) is 0 Å². The summed E-state index contributed by atoms with van der Waals surface area (Å²) in [5, 5.41) is 0. The van der Waals surface area contributed by atoms with Gasteiger partial charge in [0, 0.05) is 44.1 Å². The summed E-state index contributed by atoms with van der Waals surface area (Å²) in [6, 6.07) is 0. The summed E-state index contributed by atoms with van der Waals surface area (Å²) in [7, 11) is 0. The topological polar surface area (TPSA) is 26.0 Å². The summed E-state index contributed by atoms with van der Waals surface area (Å²) in [5.41, 5.74) is -5.27. The van der Waals surface area contributed by atoms with Crippen molar-refractivity contribution in [3.8, 4) is 0 Å². The minimum absolute atomic E-state index is 0.0682. The molecule has 0 aromatic rings. The predicted octanol–water partition coefficient (Wildman–Crippen LogP) is 5.69. The van der Waals surface area contributed by atoms with Gasteiger partial charge in [0.1, 0.15) is 34.0 Å². The second-order valence-corrected chi connectivity index (χ2v) is 12.2. The Morgan fingerprint density at radius 1 is 0.429 bits per heavy atom. The van der Waals surface area contributed by atoms with Gasteiger partial charge >= 0.3 is 0 Å². The fourth-order valence-corrected chi connectivity index (χ4v) is 9.09. The van der Waals surface area contributed by atoms with Crippen LogP contribution in [0.15, 0.2) is 0 Å². The number of alkyl halides is 6. The Bertz CT molecular complexity index is 473. The maximum Gasteiger partial charge on any atom is 0.118 e. The van der Waals surface area contributed by atoms with E-state index < -0.39 is 45.0 Å². The smallest absolute Gasteiger partial charge is 0.118 e. The van der Waals surface area contributed by atoms with Gasteiger partial charge in [0.2, 0.25) is 0 Å². The third-order valence-electron chi connectivity index (χ3n) is 8.04. The van der Waals surface area contributed by atoms with Crippen LogP contribution < -0.4 is 5.73 Å². The van der Waals surface area contributed by atoms with Crippen molar-refractivity contribution in [3.63, 3.8) is 0 Å². The van der Waals surface area contributed by atoms with Gasteiger partial charge in [-0.25, -0.2) is 26.3 Å². The van der Waals surface area contributed by atoms with Gasteiger partial charge in [-0.05, 0) is 43.9 Å². The highest BCUT2D eigenvalue weighted by atomic mass is 19.2. The molecule has 0 radical (unpaired) electrons. The third-order valence-corrected chi connectivity index (χ3v) is 8.04. The molecule has 8 aliphatic rings. The molecule has 0 saturated heterocycles. The number of hydrogen-bond donors (Lipinski definition) is 1. The van der Waals surface area contributed by atoms with Crippen LogP contribution in [0.2, 0.25) is 0 Å². The summed E-state index contributed by atoms with van der Waals surface area (Å²) in [5.74, 6) is 0. The maximum atomic E-state index is 14.1. The van der Waals surface area contributed by atoms with E-state index in [1.165, 1.54) is 0 Å². The molecule has 8 aliphatic carbocycles. The van der Waals surface area contributed by atoms with Gasteiger partial charge in [-0.3, -0.25) is 0 Å². The summed E-state index contributed by atoms with van der Waals surface area (Å²) in [4.78, 5) is 0. The number of rotatable bonds is 0. The van der Waals surface area contributed by atoms with E-state index in [9.17, 15) is 26.3 Å². The first-order valence-corrected chi connectivity index (χ1v) is 10.4. The first-order valence-electron chi connectivity index (χ1n) is 10.4. The molecule has 0 aliphatic heterocycles. The lowest BCUT2D eigenvalue weighted by Gasteiger charge is -2.62. The van der Waals surface area contributed by atoms with Crippen LogP contribution in [-0.4, -0.2) is 39.6 Å². The van der Waals surface area contributed by atoms with E-state index >= 15 is 0 Å². The fourth-order valence-electron chi connectivity index (χ4n) is 9.09. The molecular formula is C21H29F6N. The number of hydrogen-bond acceptors (Lipinski definition) is 1. The molecule has 160 valence electrons. The van der Waals surface area contributed by atoms with Crippen molar-refractivity contribution >= 4 is 0 Å².